The van der Waals surface area contributed by atoms with Crippen molar-refractivity contribution in [3.05, 3.63) is 0 Å². The normalized spacial score (nSPS) is 26.8. The largest absolute Gasteiger partial charge is 0.390 e. The fourth-order valence-corrected chi connectivity index (χ4v) is 2.69. The molecule has 0 aromatic rings. The van der Waals surface area contributed by atoms with Gasteiger partial charge in [0, 0.05) is 39.3 Å². The van der Waals surface area contributed by atoms with Crippen LogP contribution in [-0.4, -0.2) is 73.4 Å². The van der Waals surface area contributed by atoms with Crippen molar-refractivity contribution in [1.29, 1.82) is 0 Å². The summed E-state index contributed by atoms with van der Waals surface area (Å²) in [5.41, 5.74) is 0. The monoisotopic (exact) mass is 227 g/mol. The maximum atomic E-state index is 10.0. The molecule has 2 rings (SSSR count). The molecule has 2 aliphatic rings. The van der Waals surface area contributed by atoms with E-state index in [9.17, 15) is 5.11 Å². The minimum Gasteiger partial charge on any atom is -0.390 e. The maximum absolute atomic E-state index is 10.0. The molecular formula is C12H25N3O. The molecule has 1 atom stereocenters. The van der Waals surface area contributed by atoms with Gasteiger partial charge < -0.3 is 15.3 Å². The van der Waals surface area contributed by atoms with E-state index < -0.39 is 0 Å². The Labute approximate surface area is 98.6 Å². The second-order valence-corrected chi connectivity index (χ2v) is 5.07. The number of piperidine rings is 1. The highest BCUT2D eigenvalue weighted by atomic mass is 16.3. The summed E-state index contributed by atoms with van der Waals surface area (Å²) in [6.07, 6.45) is 3.81. The summed E-state index contributed by atoms with van der Waals surface area (Å²) in [4.78, 5) is 4.78. The first-order chi connectivity index (χ1) is 7.84. The molecule has 2 heterocycles. The number of nitrogens with one attached hydrogen (secondary N) is 1. The van der Waals surface area contributed by atoms with E-state index in [0.29, 0.717) is 0 Å². The van der Waals surface area contributed by atoms with E-state index in [0.717, 1.165) is 39.3 Å². The van der Waals surface area contributed by atoms with Crippen molar-refractivity contribution in [3.8, 4) is 0 Å². The zero-order valence-electron chi connectivity index (χ0n) is 10.2. The summed E-state index contributed by atoms with van der Waals surface area (Å²) in [5.74, 6) is 0. The van der Waals surface area contributed by atoms with Crippen molar-refractivity contribution >= 4 is 0 Å². The van der Waals surface area contributed by atoms with Crippen LogP contribution in [-0.2, 0) is 0 Å². The van der Waals surface area contributed by atoms with Crippen molar-refractivity contribution < 1.29 is 5.11 Å². The van der Waals surface area contributed by atoms with Gasteiger partial charge in [0.15, 0.2) is 0 Å². The third-order valence-corrected chi connectivity index (χ3v) is 3.60. The van der Waals surface area contributed by atoms with E-state index in [1.54, 1.807) is 0 Å². The predicted octanol–water partition coefficient (Wildman–Crippen LogP) is -0.262. The molecule has 4 nitrogen and oxygen atoms in total. The Kier molecular flexibility index (Phi) is 5.03. The molecule has 0 spiro atoms. The van der Waals surface area contributed by atoms with Crippen molar-refractivity contribution in [2.45, 2.75) is 25.4 Å². The first-order valence-electron chi connectivity index (χ1n) is 6.68. The second kappa shape index (κ2) is 6.55. The molecule has 0 saturated carbocycles. The molecule has 4 heteroatoms. The van der Waals surface area contributed by atoms with E-state index in [1.165, 1.54) is 32.4 Å². The minimum atomic E-state index is -0.170. The molecule has 0 aromatic heterocycles. The van der Waals surface area contributed by atoms with Crippen LogP contribution in [0.3, 0.4) is 0 Å². The zero-order chi connectivity index (χ0) is 11.2. The van der Waals surface area contributed by atoms with Gasteiger partial charge in [0.2, 0.25) is 0 Å². The highest BCUT2D eigenvalue weighted by Crippen LogP contribution is 2.09. The van der Waals surface area contributed by atoms with Gasteiger partial charge in [-0.3, -0.25) is 4.90 Å². The summed E-state index contributed by atoms with van der Waals surface area (Å²) in [5, 5.41) is 13.4. The number of likely N-dealkylation sites (tertiary alicyclic amines) is 1. The lowest BCUT2D eigenvalue weighted by atomic mass is 10.1. The van der Waals surface area contributed by atoms with Crippen LogP contribution in [0.4, 0.5) is 0 Å². The van der Waals surface area contributed by atoms with E-state index in [1.807, 2.05) is 0 Å². The molecule has 2 aliphatic heterocycles. The van der Waals surface area contributed by atoms with Gasteiger partial charge in [0.1, 0.15) is 0 Å². The van der Waals surface area contributed by atoms with Crippen LogP contribution in [0.2, 0.25) is 0 Å². The lowest BCUT2D eigenvalue weighted by Gasteiger charge is -2.32. The molecule has 1 unspecified atom stereocenters. The highest BCUT2D eigenvalue weighted by Gasteiger charge is 2.18. The van der Waals surface area contributed by atoms with E-state index in [2.05, 4.69) is 15.1 Å². The van der Waals surface area contributed by atoms with Crippen molar-refractivity contribution in [1.82, 2.24) is 15.1 Å². The van der Waals surface area contributed by atoms with Gasteiger partial charge >= 0.3 is 0 Å². The SMILES string of the molecule is OC(CN1CCCCC1)CN1CCNCC1. The Hall–Kier alpha value is -0.160. The fraction of sp³-hybridized carbons (Fsp3) is 1.00. The van der Waals surface area contributed by atoms with E-state index >= 15 is 0 Å². The molecule has 0 aromatic carbocycles. The van der Waals surface area contributed by atoms with Crippen LogP contribution in [0.1, 0.15) is 19.3 Å². The molecule has 0 amide bonds. The number of nitrogens with zero attached hydrogens (tertiary/aromatic N) is 2. The van der Waals surface area contributed by atoms with Crippen LogP contribution in [0.5, 0.6) is 0 Å². The molecule has 2 fully saturated rings. The summed E-state index contributed by atoms with van der Waals surface area (Å²) in [7, 11) is 0. The topological polar surface area (TPSA) is 38.7 Å². The van der Waals surface area contributed by atoms with Crippen LogP contribution in [0.15, 0.2) is 0 Å². The van der Waals surface area contributed by atoms with Gasteiger partial charge in [-0.15, -0.1) is 0 Å². The van der Waals surface area contributed by atoms with Crippen molar-refractivity contribution in [2.24, 2.45) is 0 Å². The molecule has 0 bridgehead atoms. The summed E-state index contributed by atoms with van der Waals surface area (Å²) in [6, 6.07) is 0. The second-order valence-electron chi connectivity index (χ2n) is 5.07. The first kappa shape index (κ1) is 12.3. The third kappa shape index (κ3) is 4.01. The molecular weight excluding hydrogens is 202 g/mol. The average molecular weight is 227 g/mol. The van der Waals surface area contributed by atoms with Gasteiger partial charge in [0.25, 0.3) is 0 Å². The lowest BCUT2D eigenvalue weighted by Crippen LogP contribution is -2.48. The van der Waals surface area contributed by atoms with Gasteiger partial charge in [-0.1, -0.05) is 6.42 Å². The average Bonchev–Trinajstić information content (AvgIpc) is 2.31. The highest BCUT2D eigenvalue weighted by molar-refractivity contribution is 4.74. The number of piperazine rings is 1. The van der Waals surface area contributed by atoms with Gasteiger partial charge in [-0.05, 0) is 25.9 Å². The number of rotatable bonds is 4. The van der Waals surface area contributed by atoms with Crippen LogP contribution >= 0.6 is 0 Å². The molecule has 0 aliphatic carbocycles. The van der Waals surface area contributed by atoms with Crippen LogP contribution in [0.25, 0.3) is 0 Å². The number of hydrogen-bond donors (Lipinski definition) is 2. The molecule has 0 radical (unpaired) electrons. The first-order valence-corrected chi connectivity index (χ1v) is 6.68. The minimum absolute atomic E-state index is 0.170. The Morgan fingerprint density at radius 3 is 2.06 bits per heavy atom. The van der Waals surface area contributed by atoms with Crippen molar-refractivity contribution in [3.63, 3.8) is 0 Å². The van der Waals surface area contributed by atoms with Crippen molar-refractivity contribution in [2.75, 3.05) is 52.4 Å². The van der Waals surface area contributed by atoms with Gasteiger partial charge in [-0.2, -0.15) is 0 Å². The molecule has 2 N–H and O–H groups in total. The number of hydrogen-bond acceptors (Lipinski definition) is 4. The number of β-amino-alcohol motifs (C(OH)–C–C–N with tert-alkyl or cyclic N) is 1. The third-order valence-electron chi connectivity index (χ3n) is 3.60. The predicted molar refractivity (Wildman–Crippen MR) is 65.6 cm³/mol. The quantitative estimate of drug-likeness (QED) is 0.694. The molecule has 2 saturated heterocycles. The lowest BCUT2D eigenvalue weighted by molar-refractivity contribution is 0.0632. The Morgan fingerprint density at radius 2 is 1.44 bits per heavy atom. The van der Waals surface area contributed by atoms with Gasteiger partial charge in [-0.25, -0.2) is 0 Å². The summed E-state index contributed by atoms with van der Waals surface area (Å²) < 4.78 is 0. The Bertz CT molecular complexity index is 169. The summed E-state index contributed by atoms with van der Waals surface area (Å²) in [6.45, 7) is 8.36. The number of aliphatic hydroxyl groups excluding tert-OH is 1. The number of aliphatic hydroxyl groups is 1. The van der Waals surface area contributed by atoms with E-state index in [-0.39, 0.29) is 6.10 Å². The van der Waals surface area contributed by atoms with Gasteiger partial charge in [0.05, 0.1) is 6.10 Å². The standard InChI is InChI=1S/C12H25N3O/c16-12(10-14-6-2-1-3-7-14)11-15-8-4-13-5-9-15/h12-13,16H,1-11H2. The molecule has 16 heavy (non-hydrogen) atoms. The van der Waals surface area contributed by atoms with E-state index in [4.69, 9.17) is 0 Å². The Balaban J connectivity index is 1.64. The zero-order valence-corrected chi connectivity index (χ0v) is 10.2. The Morgan fingerprint density at radius 1 is 0.875 bits per heavy atom. The molecule has 94 valence electrons. The van der Waals surface area contributed by atoms with Crippen LogP contribution in [0, 0.1) is 0 Å². The summed E-state index contributed by atoms with van der Waals surface area (Å²) >= 11 is 0. The fourth-order valence-electron chi connectivity index (χ4n) is 2.69. The maximum Gasteiger partial charge on any atom is 0.0793 e. The van der Waals surface area contributed by atoms with Crippen LogP contribution < -0.4 is 5.32 Å². The smallest absolute Gasteiger partial charge is 0.0793 e.